The summed E-state index contributed by atoms with van der Waals surface area (Å²) in [6.07, 6.45) is 0. The Morgan fingerprint density at radius 3 is 2.79 bits per heavy atom. The number of hydrogen-bond donors (Lipinski definition) is 2. The first-order valence-corrected chi connectivity index (χ1v) is 6.15. The number of hydrogen-bond acceptors (Lipinski definition) is 5. The third kappa shape index (κ3) is 2.08. The van der Waals surface area contributed by atoms with Crippen LogP contribution in [0.2, 0.25) is 0 Å². The molecule has 96 valence electrons. The van der Waals surface area contributed by atoms with Crippen LogP contribution in [0, 0.1) is 6.92 Å². The molecule has 3 N–H and O–H groups in total. The molecule has 0 aliphatic rings. The smallest absolute Gasteiger partial charge is 0.165 e. The van der Waals surface area contributed by atoms with E-state index in [4.69, 9.17) is 5.73 Å². The van der Waals surface area contributed by atoms with Gasteiger partial charge in [-0.2, -0.15) is 0 Å². The van der Waals surface area contributed by atoms with Crippen molar-refractivity contribution in [1.29, 1.82) is 0 Å². The number of anilines is 1. The summed E-state index contributed by atoms with van der Waals surface area (Å²) in [5.74, 6) is 1.14. The number of aryl methyl sites for hydroxylation is 1. The minimum atomic E-state index is 0.478. The quantitative estimate of drug-likeness (QED) is 0.681. The second-order valence-electron chi connectivity index (χ2n) is 4.61. The molecule has 1 aromatic carbocycles. The number of nitrogens with one attached hydrogen (secondary N) is 1. The monoisotopic (exact) mass is 253 g/mol. The van der Waals surface area contributed by atoms with Gasteiger partial charge in [-0.25, -0.2) is 15.0 Å². The highest BCUT2D eigenvalue weighted by molar-refractivity contribution is 5.95. The number of benzene rings is 1. The zero-order valence-electron chi connectivity index (χ0n) is 10.9. The Morgan fingerprint density at radius 1 is 1.16 bits per heavy atom. The van der Waals surface area contributed by atoms with Gasteiger partial charge in [0.1, 0.15) is 11.6 Å². The third-order valence-corrected chi connectivity index (χ3v) is 3.05. The molecule has 0 aliphatic carbocycles. The van der Waals surface area contributed by atoms with E-state index in [2.05, 4.69) is 33.3 Å². The molecule has 5 nitrogen and oxygen atoms in total. The summed E-state index contributed by atoms with van der Waals surface area (Å²) in [6, 6.07) is 8.13. The first kappa shape index (κ1) is 11.8. The van der Waals surface area contributed by atoms with E-state index in [1.165, 1.54) is 5.56 Å². The zero-order chi connectivity index (χ0) is 13.4. The van der Waals surface area contributed by atoms with E-state index in [0.717, 1.165) is 16.3 Å². The molecule has 0 bridgehead atoms. The lowest BCUT2D eigenvalue weighted by Crippen LogP contribution is -2.11. The molecule has 2 aromatic heterocycles. The van der Waals surface area contributed by atoms with Crippen LogP contribution < -0.4 is 11.1 Å². The first-order valence-electron chi connectivity index (χ1n) is 6.15. The normalized spacial score (nSPS) is 11.3. The fourth-order valence-corrected chi connectivity index (χ4v) is 2.14. The molecule has 0 aliphatic heterocycles. The number of nitrogen functional groups attached to an aromatic ring is 1. The van der Waals surface area contributed by atoms with Crippen LogP contribution >= 0.6 is 0 Å². The highest BCUT2D eigenvalue weighted by Crippen LogP contribution is 2.22. The standard InChI is InChI=1S/C14H15N5/c1-8-3-4-11-9(5-8)6-10-13(15)18-12(7-16-2)19-14(10)17-11/h3-6,16H,7H2,1-2H3,(H2,15,17,18,19). The van der Waals surface area contributed by atoms with Gasteiger partial charge in [0.15, 0.2) is 5.65 Å². The molecule has 0 spiro atoms. The van der Waals surface area contributed by atoms with Gasteiger partial charge in [0.2, 0.25) is 0 Å². The van der Waals surface area contributed by atoms with Gasteiger partial charge in [-0.15, -0.1) is 0 Å². The van der Waals surface area contributed by atoms with Crippen molar-refractivity contribution >= 4 is 27.8 Å². The molecular formula is C14H15N5. The third-order valence-electron chi connectivity index (χ3n) is 3.05. The lowest BCUT2D eigenvalue weighted by Gasteiger charge is -2.06. The Balaban J connectivity index is 2.31. The summed E-state index contributed by atoms with van der Waals surface area (Å²) in [5.41, 5.74) is 8.76. The number of nitrogens with zero attached hydrogens (tertiary/aromatic N) is 3. The van der Waals surface area contributed by atoms with Gasteiger partial charge < -0.3 is 11.1 Å². The topological polar surface area (TPSA) is 76.7 Å². The fourth-order valence-electron chi connectivity index (χ4n) is 2.14. The van der Waals surface area contributed by atoms with Crippen LogP contribution in [0.5, 0.6) is 0 Å². The van der Waals surface area contributed by atoms with E-state index < -0.39 is 0 Å². The molecular weight excluding hydrogens is 238 g/mol. The predicted molar refractivity (Wildman–Crippen MR) is 76.8 cm³/mol. The fraction of sp³-hybridized carbons (Fsp3) is 0.214. The average molecular weight is 253 g/mol. The molecule has 0 saturated carbocycles. The summed E-state index contributed by atoms with van der Waals surface area (Å²) in [7, 11) is 1.85. The molecule has 0 radical (unpaired) electrons. The van der Waals surface area contributed by atoms with Gasteiger partial charge in [-0.1, -0.05) is 11.6 Å². The molecule has 0 fully saturated rings. The highest BCUT2D eigenvalue weighted by Gasteiger charge is 2.08. The second-order valence-corrected chi connectivity index (χ2v) is 4.61. The predicted octanol–water partition coefficient (Wildman–Crippen LogP) is 1.79. The van der Waals surface area contributed by atoms with E-state index in [9.17, 15) is 0 Å². The van der Waals surface area contributed by atoms with Crippen LogP contribution in [0.1, 0.15) is 11.4 Å². The highest BCUT2D eigenvalue weighted by atomic mass is 15.0. The van der Waals surface area contributed by atoms with Crippen LogP contribution in [-0.2, 0) is 6.54 Å². The minimum absolute atomic E-state index is 0.478. The van der Waals surface area contributed by atoms with Crippen LogP contribution in [0.4, 0.5) is 5.82 Å². The number of aromatic nitrogens is 3. The van der Waals surface area contributed by atoms with Crippen molar-refractivity contribution in [2.45, 2.75) is 13.5 Å². The molecule has 0 atom stereocenters. The van der Waals surface area contributed by atoms with Gasteiger partial charge in [0.05, 0.1) is 17.4 Å². The molecule has 5 heteroatoms. The van der Waals surface area contributed by atoms with Crippen molar-refractivity contribution in [2.75, 3.05) is 12.8 Å². The maximum absolute atomic E-state index is 6.00. The van der Waals surface area contributed by atoms with Crippen LogP contribution in [-0.4, -0.2) is 22.0 Å². The summed E-state index contributed by atoms with van der Waals surface area (Å²) in [6.45, 7) is 2.63. The van der Waals surface area contributed by atoms with Crippen molar-refractivity contribution in [3.63, 3.8) is 0 Å². The van der Waals surface area contributed by atoms with E-state index in [0.29, 0.717) is 23.8 Å². The summed E-state index contributed by atoms with van der Waals surface area (Å²) >= 11 is 0. The van der Waals surface area contributed by atoms with E-state index in [-0.39, 0.29) is 0 Å². The van der Waals surface area contributed by atoms with Crippen LogP contribution in [0.15, 0.2) is 24.3 Å². The molecule has 0 amide bonds. The summed E-state index contributed by atoms with van der Waals surface area (Å²) in [4.78, 5) is 13.3. The Bertz CT molecular complexity index is 766. The number of nitrogens with two attached hydrogens (primary N) is 1. The van der Waals surface area contributed by atoms with E-state index in [1.54, 1.807) is 0 Å². The molecule has 0 saturated heterocycles. The van der Waals surface area contributed by atoms with E-state index in [1.807, 2.05) is 25.2 Å². The Labute approximate surface area is 110 Å². The Hall–Kier alpha value is -2.27. The molecule has 3 rings (SSSR count). The van der Waals surface area contributed by atoms with E-state index >= 15 is 0 Å². The van der Waals surface area contributed by atoms with Crippen molar-refractivity contribution in [3.8, 4) is 0 Å². The number of rotatable bonds is 2. The maximum atomic E-state index is 6.00. The lowest BCUT2D eigenvalue weighted by atomic mass is 10.1. The molecule has 2 heterocycles. The van der Waals surface area contributed by atoms with Crippen LogP contribution in [0.3, 0.4) is 0 Å². The Kier molecular flexibility index (Phi) is 2.76. The van der Waals surface area contributed by atoms with Crippen molar-refractivity contribution in [3.05, 3.63) is 35.7 Å². The molecule has 0 unspecified atom stereocenters. The van der Waals surface area contributed by atoms with Crippen molar-refractivity contribution < 1.29 is 0 Å². The average Bonchev–Trinajstić information content (AvgIpc) is 2.37. The number of fused-ring (bicyclic) bond motifs is 2. The van der Waals surface area contributed by atoms with Gasteiger partial charge in [-0.05, 0) is 32.2 Å². The summed E-state index contributed by atoms with van der Waals surface area (Å²) < 4.78 is 0. The maximum Gasteiger partial charge on any atom is 0.165 e. The van der Waals surface area contributed by atoms with Gasteiger partial charge >= 0.3 is 0 Å². The van der Waals surface area contributed by atoms with Crippen LogP contribution in [0.25, 0.3) is 21.9 Å². The molecule has 3 aromatic rings. The zero-order valence-corrected chi connectivity index (χ0v) is 10.9. The number of pyridine rings is 1. The van der Waals surface area contributed by atoms with Gasteiger partial charge in [0, 0.05) is 5.39 Å². The molecule has 19 heavy (non-hydrogen) atoms. The van der Waals surface area contributed by atoms with Gasteiger partial charge in [0.25, 0.3) is 0 Å². The second kappa shape index (κ2) is 4.44. The lowest BCUT2D eigenvalue weighted by molar-refractivity contribution is 0.765. The SMILES string of the molecule is CNCc1nc(N)c2cc3cc(C)ccc3nc2n1. The van der Waals surface area contributed by atoms with Crippen molar-refractivity contribution in [2.24, 2.45) is 0 Å². The minimum Gasteiger partial charge on any atom is -0.383 e. The Morgan fingerprint density at radius 2 is 2.00 bits per heavy atom. The van der Waals surface area contributed by atoms with Gasteiger partial charge in [-0.3, -0.25) is 0 Å². The first-order chi connectivity index (χ1) is 9.17. The van der Waals surface area contributed by atoms with Crippen molar-refractivity contribution in [1.82, 2.24) is 20.3 Å². The largest absolute Gasteiger partial charge is 0.383 e. The summed E-state index contributed by atoms with van der Waals surface area (Å²) in [5, 5.41) is 4.88.